The van der Waals surface area contributed by atoms with E-state index in [0.29, 0.717) is 21.3 Å². The van der Waals surface area contributed by atoms with E-state index in [1.165, 1.54) is 6.07 Å². The summed E-state index contributed by atoms with van der Waals surface area (Å²) in [4.78, 5) is 0. The van der Waals surface area contributed by atoms with Crippen LogP contribution in [0.15, 0.2) is 36.4 Å². The van der Waals surface area contributed by atoms with Gasteiger partial charge in [-0.1, -0.05) is 35.3 Å². The van der Waals surface area contributed by atoms with Gasteiger partial charge < -0.3 is 5.32 Å². The maximum absolute atomic E-state index is 13.2. The van der Waals surface area contributed by atoms with E-state index in [4.69, 9.17) is 23.2 Å². The second kappa shape index (κ2) is 5.76. The molecule has 0 spiro atoms. The molecule has 0 saturated heterocycles. The summed E-state index contributed by atoms with van der Waals surface area (Å²) in [6.07, 6.45) is 0. The molecule has 100 valence electrons. The third-order valence-corrected chi connectivity index (χ3v) is 3.59. The molecule has 0 radical (unpaired) electrons. The van der Waals surface area contributed by atoms with Gasteiger partial charge in [-0.25, -0.2) is 8.78 Å². The predicted octanol–water partition coefficient (Wildman–Crippen LogP) is 5.44. The average molecular weight is 302 g/mol. The highest BCUT2D eigenvalue weighted by Crippen LogP contribution is 2.32. The zero-order valence-electron chi connectivity index (χ0n) is 10.1. The molecule has 0 aliphatic carbocycles. The number of hydrogen-bond acceptors (Lipinski definition) is 1. The van der Waals surface area contributed by atoms with Crippen LogP contribution in [-0.4, -0.2) is 0 Å². The maximum atomic E-state index is 13.2. The number of nitrogens with one attached hydrogen (secondary N) is 1. The van der Waals surface area contributed by atoms with E-state index in [0.717, 1.165) is 12.1 Å². The van der Waals surface area contributed by atoms with Crippen molar-refractivity contribution in [3.05, 3.63) is 63.6 Å². The first-order valence-corrected chi connectivity index (χ1v) is 6.40. The lowest BCUT2D eigenvalue weighted by atomic mass is 10.1. The molecular formula is C14H11Cl2F2N. The normalized spacial score (nSPS) is 12.3. The van der Waals surface area contributed by atoms with E-state index in [2.05, 4.69) is 5.32 Å². The van der Waals surface area contributed by atoms with E-state index in [1.807, 2.05) is 6.92 Å². The number of halogens is 4. The zero-order chi connectivity index (χ0) is 14.0. The van der Waals surface area contributed by atoms with Crippen molar-refractivity contribution in [1.82, 2.24) is 0 Å². The lowest BCUT2D eigenvalue weighted by molar-refractivity contribution is 0.506. The number of hydrogen-bond donors (Lipinski definition) is 1. The highest BCUT2D eigenvalue weighted by Gasteiger charge is 2.11. The van der Waals surface area contributed by atoms with E-state index in [-0.39, 0.29) is 6.04 Å². The Hall–Kier alpha value is -1.32. The van der Waals surface area contributed by atoms with Gasteiger partial charge in [0.15, 0.2) is 11.6 Å². The molecule has 0 heterocycles. The Morgan fingerprint density at radius 1 is 1.05 bits per heavy atom. The molecule has 0 saturated carbocycles. The van der Waals surface area contributed by atoms with Crippen LogP contribution in [0.3, 0.4) is 0 Å². The highest BCUT2D eigenvalue weighted by molar-refractivity contribution is 6.43. The van der Waals surface area contributed by atoms with Crippen LogP contribution in [0.1, 0.15) is 18.5 Å². The van der Waals surface area contributed by atoms with Crippen LogP contribution < -0.4 is 5.32 Å². The lowest BCUT2D eigenvalue weighted by Gasteiger charge is -2.17. The van der Waals surface area contributed by atoms with Gasteiger partial charge in [-0.2, -0.15) is 0 Å². The van der Waals surface area contributed by atoms with Crippen LogP contribution in [0, 0.1) is 11.6 Å². The standard InChI is InChI=1S/C14H11Cl2F2N/c1-8(9-5-6-11(17)12(18)7-9)19-13-4-2-3-10(15)14(13)16/h2-8,19H,1H3. The average Bonchev–Trinajstić information content (AvgIpc) is 2.38. The molecule has 0 aliphatic heterocycles. The molecule has 1 N–H and O–H groups in total. The Bertz CT molecular complexity index is 602. The van der Waals surface area contributed by atoms with Crippen molar-refractivity contribution in [1.29, 1.82) is 0 Å². The fourth-order valence-electron chi connectivity index (χ4n) is 1.71. The molecule has 1 atom stereocenters. The predicted molar refractivity (Wildman–Crippen MR) is 74.9 cm³/mol. The zero-order valence-corrected chi connectivity index (χ0v) is 11.6. The minimum atomic E-state index is -0.872. The summed E-state index contributed by atoms with van der Waals surface area (Å²) in [5.74, 6) is -1.74. The van der Waals surface area contributed by atoms with Crippen molar-refractivity contribution < 1.29 is 8.78 Å². The fraction of sp³-hybridized carbons (Fsp3) is 0.143. The van der Waals surface area contributed by atoms with Crippen LogP contribution in [-0.2, 0) is 0 Å². The van der Waals surface area contributed by atoms with Crippen molar-refractivity contribution in [3.8, 4) is 0 Å². The van der Waals surface area contributed by atoms with Crippen LogP contribution in [0.5, 0.6) is 0 Å². The highest BCUT2D eigenvalue weighted by atomic mass is 35.5. The van der Waals surface area contributed by atoms with E-state index in [1.54, 1.807) is 18.2 Å². The summed E-state index contributed by atoms with van der Waals surface area (Å²) in [7, 11) is 0. The largest absolute Gasteiger partial charge is 0.377 e. The van der Waals surface area contributed by atoms with Gasteiger partial charge in [0.25, 0.3) is 0 Å². The first kappa shape index (κ1) is 14.1. The molecule has 0 fully saturated rings. The van der Waals surface area contributed by atoms with Crippen molar-refractivity contribution >= 4 is 28.9 Å². The second-order valence-electron chi connectivity index (χ2n) is 4.14. The number of rotatable bonds is 3. The van der Waals surface area contributed by atoms with Gasteiger partial charge in [0.1, 0.15) is 0 Å². The summed E-state index contributed by atoms with van der Waals surface area (Å²) in [5, 5.41) is 3.94. The third kappa shape index (κ3) is 3.17. The number of benzene rings is 2. The van der Waals surface area contributed by atoms with Gasteiger partial charge in [-0.05, 0) is 36.8 Å². The second-order valence-corrected chi connectivity index (χ2v) is 4.93. The van der Waals surface area contributed by atoms with Crippen molar-refractivity contribution in [2.45, 2.75) is 13.0 Å². The molecule has 5 heteroatoms. The molecule has 0 bridgehead atoms. The van der Waals surface area contributed by atoms with Crippen LogP contribution in [0.4, 0.5) is 14.5 Å². The van der Waals surface area contributed by atoms with Gasteiger partial charge in [-0.15, -0.1) is 0 Å². The molecule has 2 rings (SSSR count). The lowest BCUT2D eigenvalue weighted by Crippen LogP contribution is -2.07. The maximum Gasteiger partial charge on any atom is 0.159 e. The first-order valence-electron chi connectivity index (χ1n) is 5.64. The van der Waals surface area contributed by atoms with Crippen molar-refractivity contribution in [2.24, 2.45) is 0 Å². The summed E-state index contributed by atoms with van der Waals surface area (Å²) in [6.45, 7) is 1.82. The van der Waals surface area contributed by atoms with Crippen LogP contribution in [0.25, 0.3) is 0 Å². The summed E-state index contributed by atoms with van der Waals surface area (Å²) < 4.78 is 26.0. The molecule has 1 unspecified atom stereocenters. The topological polar surface area (TPSA) is 12.0 Å². The van der Waals surface area contributed by atoms with Gasteiger partial charge >= 0.3 is 0 Å². The van der Waals surface area contributed by atoms with Crippen LogP contribution >= 0.6 is 23.2 Å². The van der Waals surface area contributed by atoms with Crippen molar-refractivity contribution in [2.75, 3.05) is 5.32 Å². The van der Waals surface area contributed by atoms with E-state index in [9.17, 15) is 8.78 Å². The molecule has 0 aromatic heterocycles. The van der Waals surface area contributed by atoms with Gasteiger partial charge in [0.2, 0.25) is 0 Å². The Labute approximate surface area is 120 Å². The SMILES string of the molecule is CC(Nc1cccc(Cl)c1Cl)c1ccc(F)c(F)c1. The summed E-state index contributed by atoms with van der Waals surface area (Å²) >= 11 is 12.0. The molecule has 0 amide bonds. The molecular weight excluding hydrogens is 291 g/mol. The molecule has 2 aromatic rings. The number of anilines is 1. The van der Waals surface area contributed by atoms with E-state index >= 15 is 0 Å². The smallest absolute Gasteiger partial charge is 0.159 e. The molecule has 19 heavy (non-hydrogen) atoms. The van der Waals surface area contributed by atoms with Gasteiger partial charge in [0.05, 0.1) is 15.7 Å². The Kier molecular flexibility index (Phi) is 4.27. The Morgan fingerprint density at radius 2 is 1.79 bits per heavy atom. The van der Waals surface area contributed by atoms with Crippen LogP contribution in [0.2, 0.25) is 10.0 Å². The van der Waals surface area contributed by atoms with Gasteiger partial charge in [0, 0.05) is 6.04 Å². The molecule has 1 nitrogen and oxygen atoms in total. The minimum absolute atomic E-state index is 0.230. The summed E-state index contributed by atoms with van der Waals surface area (Å²) in [6, 6.07) is 8.75. The quantitative estimate of drug-likeness (QED) is 0.795. The minimum Gasteiger partial charge on any atom is -0.377 e. The molecule has 0 aliphatic rings. The fourth-order valence-corrected chi connectivity index (χ4v) is 2.07. The Morgan fingerprint density at radius 3 is 2.47 bits per heavy atom. The Balaban J connectivity index is 2.23. The third-order valence-electron chi connectivity index (χ3n) is 2.77. The van der Waals surface area contributed by atoms with E-state index < -0.39 is 11.6 Å². The first-order chi connectivity index (χ1) is 8.99. The van der Waals surface area contributed by atoms with Crippen molar-refractivity contribution in [3.63, 3.8) is 0 Å². The summed E-state index contributed by atoms with van der Waals surface area (Å²) in [5.41, 5.74) is 1.27. The molecule has 2 aromatic carbocycles. The van der Waals surface area contributed by atoms with Gasteiger partial charge in [-0.3, -0.25) is 0 Å². The monoisotopic (exact) mass is 301 g/mol.